The number of ether oxygens (including phenoxy) is 1. The molecule has 0 aliphatic heterocycles. The molecule has 0 bridgehead atoms. The Bertz CT molecular complexity index is 1010. The third-order valence-electron chi connectivity index (χ3n) is 4.51. The van der Waals surface area contributed by atoms with E-state index in [0.717, 1.165) is 0 Å². The lowest BCUT2D eigenvalue weighted by Crippen LogP contribution is -2.46. The van der Waals surface area contributed by atoms with Gasteiger partial charge in [0.25, 0.3) is 11.5 Å². The third kappa shape index (κ3) is 5.85. The largest absolute Gasteiger partial charge is 0.459 e. The van der Waals surface area contributed by atoms with Crippen LogP contribution in [0.2, 0.25) is 0 Å². The van der Waals surface area contributed by atoms with E-state index in [1.54, 1.807) is 6.07 Å². The number of aromatic amines is 1. The van der Waals surface area contributed by atoms with Crippen molar-refractivity contribution in [1.29, 1.82) is 0 Å². The predicted molar refractivity (Wildman–Crippen MR) is 115 cm³/mol. The molecular weight excluding hydrogens is 406 g/mol. The van der Waals surface area contributed by atoms with Crippen LogP contribution in [0.3, 0.4) is 0 Å². The maximum absolute atomic E-state index is 13.1. The first-order valence-electron chi connectivity index (χ1n) is 9.88. The number of nitrogen functional groups attached to an aromatic ring is 1. The van der Waals surface area contributed by atoms with Crippen LogP contribution in [0, 0.1) is 5.92 Å². The molecule has 11 nitrogen and oxygen atoms in total. The van der Waals surface area contributed by atoms with E-state index >= 15 is 0 Å². The highest BCUT2D eigenvalue weighted by molar-refractivity contribution is 6.00. The van der Waals surface area contributed by atoms with Gasteiger partial charge in [0.2, 0.25) is 5.91 Å². The van der Waals surface area contributed by atoms with Gasteiger partial charge in [-0.05, 0) is 24.5 Å². The molecule has 2 amide bonds. The summed E-state index contributed by atoms with van der Waals surface area (Å²) in [7, 11) is 2.97. The van der Waals surface area contributed by atoms with Crippen LogP contribution in [-0.2, 0) is 16.1 Å². The Morgan fingerprint density at radius 2 is 2.03 bits per heavy atom. The Balaban J connectivity index is 2.39. The lowest BCUT2D eigenvalue weighted by molar-refractivity contribution is -0.119. The minimum absolute atomic E-state index is 0.0773. The van der Waals surface area contributed by atoms with Gasteiger partial charge in [-0.2, -0.15) is 0 Å². The first-order valence-corrected chi connectivity index (χ1v) is 9.88. The summed E-state index contributed by atoms with van der Waals surface area (Å²) in [6.45, 7) is 4.19. The monoisotopic (exact) mass is 435 g/mol. The molecular formula is C20H29N5O6. The smallest absolute Gasteiger partial charge is 0.330 e. The van der Waals surface area contributed by atoms with Crippen molar-refractivity contribution in [2.45, 2.75) is 26.8 Å². The van der Waals surface area contributed by atoms with E-state index in [1.807, 2.05) is 13.8 Å². The van der Waals surface area contributed by atoms with Crippen LogP contribution in [0.15, 0.2) is 32.4 Å². The van der Waals surface area contributed by atoms with Crippen LogP contribution in [-0.4, -0.2) is 60.1 Å². The number of nitrogens with two attached hydrogens (primary N) is 1. The van der Waals surface area contributed by atoms with Gasteiger partial charge in [0, 0.05) is 33.9 Å². The number of nitrogens with zero attached hydrogens (tertiary/aromatic N) is 3. The number of carbonyl (C=O) groups excluding carboxylic acids is 2. The third-order valence-corrected chi connectivity index (χ3v) is 4.51. The molecule has 0 fully saturated rings. The number of rotatable bonds is 10. The molecule has 2 aromatic rings. The average molecular weight is 435 g/mol. The maximum Gasteiger partial charge on any atom is 0.330 e. The van der Waals surface area contributed by atoms with Gasteiger partial charge in [-0.1, -0.05) is 13.8 Å². The molecule has 0 atom stereocenters. The number of anilines is 2. The Labute approximate surface area is 179 Å². The lowest BCUT2D eigenvalue weighted by atomic mass is 10.2. The van der Waals surface area contributed by atoms with Gasteiger partial charge in [-0.15, -0.1) is 0 Å². The molecule has 0 aliphatic rings. The molecule has 31 heavy (non-hydrogen) atoms. The Morgan fingerprint density at radius 3 is 2.61 bits per heavy atom. The number of hydrogen-bond acceptors (Lipinski definition) is 7. The highest BCUT2D eigenvalue weighted by Gasteiger charge is 2.27. The average Bonchev–Trinajstić information content (AvgIpc) is 3.23. The number of furan rings is 1. The van der Waals surface area contributed by atoms with Crippen molar-refractivity contribution in [1.82, 2.24) is 14.5 Å². The van der Waals surface area contributed by atoms with Gasteiger partial charge in [0.1, 0.15) is 12.4 Å². The molecule has 0 aromatic carbocycles. The summed E-state index contributed by atoms with van der Waals surface area (Å²) in [6, 6.07) is 3.06. The molecule has 0 aliphatic carbocycles. The van der Waals surface area contributed by atoms with Crippen LogP contribution in [0.1, 0.15) is 30.8 Å². The van der Waals surface area contributed by atoms with E-state index in [-0.39, 0.29) is 42.8 Å². The van der Waals surface area contributed by atoms with Crippen LogP contribution < -0.4 is 21.9 Å². The second-order valence-electron chi connectivity index (χ2n) is 7.53. The lowest BCUT2D eigenvalue weighted by Gasteiger charge is -2.26. The molecule has 2 aromatic heterocycles. The van der Waals surface area contributed by atoms with Crippen molar-refractivity contribution < 1.29 is 18.7 Å². The summed E-state index contributed by atoms with van der Waals surface area (Å²) >= 11 is 0. The molecule has 0 spiro atoms. The highest BCUT2D eigenvalue weighted by atomic mass is 16.5. The number of amides is 2. The minimum Gasteiger partial charge on any atom is -0.459 e. The van der Waals surface area contributed by atoms with E-state index in [1.165, 1.54) is 40.9 Å². The molecule has 2 heterocycles. The number of carbonyl (C=O) groups is 2. The zero-order chi connectivity index (χ0) is 23.1. The zero-order valence-electron chi connectivity index (χ0n) is 18.2. The summed E-state index contributed by atoms with van der Waals surface area (Å²) in [4.78, 5) is 55.0. The molecule has 170 valence electrons. The van der Waals surface area contributed by atoms with Gasteiger partial charge < -0.3 is 24.7 Å². The second kappa shape index (κ2) is 10.6. The van der Waals surface area contributed by atoms with E-state index < -0.39 is 23.1 Å². The first kappa shape index (κ1) is 23.9. The van der Waals surface area contributed by atoms with Crippen molar-refractivity contribution in [2.75, 3.05) is 44.5 Å². The van der Waals surface area contributed by atoms with Gasteiger partial charge in [0.15, 0.2) is 11.4 Å². The molecule has 11 heteroatoms. The summed E-state index contributed by atoms with van der Waals surface area (Å²) in [5, 5.41) is 0. The fraction of sp³-hybridized carbons (Fsp3) is 0.500. The number of aromatic nitrogens is 2. The Kier molecular flexibility index (Phi) is 8.20. The molecule has 0 saturated carbocycles. The van der Waals surface area contributed by atoms with Crippen LogP contribution in [0.5, 0.6) is 0 Å². The van der Waals surface area contributed by atoms with Crippen molar-refractivity contribution in [3.63, 3.8) is 0 Å². The summed E-state index contributed by atoms with van der Waals surface area (Å²) in [6.07, 6.45) is 1.78. The maximum atomic E-state index is 13.1. The van der Waals surface area contributed by atoms with Gasteiger partial charge in [-0.3, -0.25) is 23.9 Å². The molecule has 0 saturated heterocycles. The van der Waals surface area contributed by atoms with E-state index in [2.05, 4.69) is 4.98 Å². The van der Waals surface area contributed by atoms with Crippen LogP contribution >= 0.6 is 0 Å². The van der Waals surface area contributed by atoms with Gasteiger partial charge in [-0.25, -0.2) is 4.79 Å². The number of nitrogens with one attached hydrogen (secondary N) is 1. The van der Waals surface area contributed by atoms with Crippen molar-refractivity contribution in [2.24, 2.45) is 5.92 Å². The quantitative estimate of drug-likeness (QED) is 0.517. The zero-order valence-corrected chi connectivity index (χ0v) is 18.2. The fourth-order valence-electron chi connectivity index (χ4n) is 3.06. The number of hydrogen-bond donors (Lipinski definition) is 2. The fourth-order valence-corrected chi connectivity index (χ4v) is 3.06. The number of likely N-dealkylation sites (N-methyl/N-ethyl adjacent to an activating group) is 1. The SMILES string of the molecule is COCCCN(C(=O)CN(C)C(=O)c1ccco1)c1c(N)n(CC(C)C)c(=O)[nH]c1=O. The van der Waals surface area contributed by atoms with E-state index in [0.29, 0.717) is 13.0 Å². The van der Waals surface area contributed by atoms with Crippen molar-refractivity contribution in [3.05, 3.63) is 45.0 Å². The van der Waals surface area contributed by atoms with Crippen molar-refractivity contribution in [3.8, 4) is 0 Å². The molecule has 0 radical (unpaired) electrons. The predicted octanol–water partition coefficient (Wildman–Crippen LogP) is 0.510. The molecule has 3 N–H and O–H groups in total. The normalized spacial score (nSPS) is 11.0. The van der Waals surface area contributed by atoms with Crippen LogP contribution in [0.4, 0.5) is 11.5 Å². The molecule has 0 unspecified atom stereocenters. The first-order chi connectivity index (χ1) is 14.7. The Morgan fingerprint density at radius 1 is 1.32 bits per heavy atom. The topological polar surface area (TPSA) is 144 Å². The summed E-state index contributed by atoms with van der Waals surface area (Å²) < 4.78 is 11.4. The summed E-state index contributed by atoms with van der Waals surface area (Å²) in [5.74, 6) is -0.960. The number of H-pyrrole nitrogens is 1. The minimum atomic E-state index is -0.770. The standard InChI is InChI=1S/C20H29N5O6/c1-13(2)11-25-17(21)16(18(27)22-20(25)29)24(8-6-9-30-4)15(26)12-23(3)19(28)14-7-5-10-31-14/h5,7,10,13H,6,8-9,11-12,21H2,1-4H3,(H,22,27,29). The van der Waals surface area contributed by atoms with Gasteiger partial charge >= 0.3 is 5.69 Å². The Hall–Kier alpha value is -3.34. The van der Waals surface area contributed by atoms with Crippen molar-refractivity contribution >= 4 is 23.3 Å². The molecule has 2 rings (SSSR count). The van der Waals surface area contributed by atoms with E-state index in [9.17, 15) is 19.2 Å². The summed E-state index contributed by atoms with van der Waals surface area (Å²) in [5.41, 5.74) is 4.63. The highest BCUT2D eigenvalue weighted by Crippen LogP contribution is 2.19. The van der Waals surface area contributed by atoms with Crippen LogP contribution in [0.25, 0.3) is 0 Å². The second-order valence-corrected chi connectivity index (χ2v) is 7.53. The van der Waals surface area contributed by atoms with E-state index in [4.69, 9.17) is 14.9 Å². The number of methoxy groups -OCH3 is 1. The van der Waals surface area contributed by atoms with Gasteiger partial charge in [0.05, 0.1) is 6.26 Å².